The summed E-state index contributed by atoms with van der Waals surface area (Å²) in [6, 6.07) is 6.39. The van der Waals surface area contributed by atoms with Crippen molar-refractivity contribution in [1.82, 2.24) is 15.1 Å². The van der Waals surface area contributed by atoms with Crippen LogP contribution in [0, 0.1) is 0 Å². The van der Waals surface area contributed by atoms with Gasteiger partial charge >= 0.3 is 12.1 Å². The quantitative estimate of drug-likeness (QED) is 0.705. The zero-order valence-electron chi connectivity index (χ0n) is 17.2. The van der Waals surface area contributed by atoms with Crippen LogP contribution >= 0.6 is 23.2 Å². The Morgan fingerprint density at radius 2 is 1.97 bits per heavy atom. The normalized spacial score (nSPS) is 17.1. The van der Waals surface area contributed by atoms with E-state index in [0.717, 1.165) is 0 Å². The summed E-state index contributed by atoms with van der Waals surface area (Å²) < 4.78 is 10.4. The van der Waals surface area contributed by atoms with Gasteiger partial charge in [0.25, 0.3) is 0 Å². The van der Waals surface area contributed by atoms with Crippen LogP contribution in [0.4, 0.5) is 10.6 Å². The zero-order valence-corrected chi connectivity index (χ0v) is 18.8. The molecule has 0 radical (unpaired) electrons. The third kappa shape index (κ3) is 4.82. The molecule has 10 heteroatoms. The van der Waals surface area contributed by atoms with Gasteiger partial charge < -0.3 is 19.3 Å². The second-order valence-electron chi connectivity index (χ2n) is 7.90. The van der Waals surface area contributed by atoms with Crippen LogP contribution in [-0.2, 0) is 14.3 Å². The van der Waals surface area contributed by atoms with E-state index in [1.807, 2.05) is 6.07 Å². The molecule has 1 saturated heterocycles. The smallest absolute Gasteiger partial charge is 0.410 e. The van der Waals surface area contributed by atoms with E-state index in [2.05, 4.69) is 10.2 Å². The number of nitrogens with zero attached hydrogens (tertiary/aromatic N) is 3. The lowest BCUT2D eigenvalue weighted by molar-refractivity contribution is -0.143. The first-order valence-corrected chi connectivity index (χ1v) is 10.2. The van der Waals surface area contributed by atoms with Crippen LogP contribution < -0.4 is 4.90 Å². The Kier molecular flexibility index (Phi) is 6.47. The number of piperazine rings is 1. The average Bonchev–Trinajstić information content (AvgIpc) is 3.17. The number of hydrogen-bond acceptors (Lipinski definition) is 6. The summed E-state index contributed by atoms with van der Waals surface area (Å²) in [5, 5.41) is 8.12. The van der Waals surface area contributed by atoms with Crippen molar-refractivity contribution >= 4 is 41.1 Å². The average molecular weight is 455 g/mol. The maximum Gasteiger partial charge on any atom is 0.410 e. The number of methoxy groups -OCH3 is 1. The van der Waals surface area contributed by atoms with Gasteiger partial charge in [-0.05, 0) is 26.8 Å². The number of ether oxygens (including phenoxy) is 2. The van der Waals surface area contributed by atoms with Crippen LogP contribution in [0.5, 0.6) is 0 Å². The number of carbonyl (C=O) groups excluding carboxylic acids is 2. The van der Waals surface area contributed by atoms with E-state index >= 15 is 0 Å². The Balaban J connectivity index is 1.83. The molecule has 1 fully saturated rings. The fraction of sp³-hybridized carbons (Fsp3) is 0.450. The lowest BCUT2D eigenvalue weighted by Crippen LogP contribution is -2.59. The highest BCUT2D eigenvalue weighted by atomic mass is 35.5. The molecule has 1 amide bonds. The summed E-state index contributed by atoms with van der Waals surface area (Å²) >= 11 is 12.4. The van der Waals surface area contributed by atoms with Crippen molar-refractivity contribution in [2.75, 3.05) is 31.6 Å². The van der Waals surface area contributed by atoms with E-state index in [-0.39, 0.29) is 6.54 Å². The summed E-state index contributed by atoms with van der Waals surface area (Å²) in [6.45, 7) is 6.28. The number of nitrogens with one attached hydrogen (secondary N) is 1. The van der Waals surface area contributed by atoms with Crippen LogP contribution in [0.25, 0.3) is 11.3 Å². The molecular formula is C20H24Cl2N4O4. The maximum absolute atomic E-state index is 12.5. The molecule has 0 saturated carbocycles. The molecule has 30 heavy (non-hydrogen) atoms. The van der Waals surface area contributed by atoms with Gasteiger partial charge in [0.15, 0.2) is 5.82 Å². The third-order valence-corrected chi connectivity index (χ3v) is 5.42. The van der Waals surface area contributed by atoms with E-state index in [1.54, 1.807) is 43.9 Å². The fourth-order valence-electron chi connectivity index (χ4n) is 3.20. The molecule has 1 aromatic heterocycles. The molecule has 8 nitrogen and oxygen atoms in total. The summed E-state index contributed by atoms with van der Waals surface area (Å²) in [6.07, 6.45) is -0.468. The SMILES string of the molecule is COC(=O)C1CN(C(=O)OC(C)(C)C)CCN1c1cc(-c2cccc(Cl)c2Cl)[nH]n1. The van der Waals surface area contributed by atoms with Gasteiger partial charge in [0.2, 0.25) is 0 Å². The molecule has 0 aliphatic carbocycles. The topological polar surface area (TPSA) is 87.8 Å². The van der Waals surface area contributed by atoms with Gasteiger partial charge in [-0.1, -0.05) is 35.3 Å². The van der Waals surface area contributed by atoms with Crippen molar-refractivity contribution < 1.29 is 19.1 Å². The molecule has 2 aromatic rings. The molecule has 162 valence electrons. The first kappa shape index (κ1) is 22.2. The molecule has 3 rings (SSSR count). The van der Waals surface area contributed by atoms with Gasteiger partial charge in [-0.25, -0.2) is 9.59 Å². The summed E-state index contributed by atoms with van der Waals surface area (Å²) in [4.78, 5) is 28.2. The van der Waals surface area contributed by atoms with Gasteiger partial charge in [0.1, 0.15) is 11.6 Å². The molecule has 1 aliphatic rings. The molecule has 0 bridgehead atoms. The summed E-state index contributed by atoms with van der Waals surface area (Å²) in [5.74, 6) is 0.0777. The number of aromatic amines is 1. The molecular weight excluding hydrogens is 431 g/mol. The number of anilines is 1. The molecule has 0 spiro atoms. The maximum atomic E-state index is 12.5. The first-order valence-electron chi connectivity index (χ1n) is 9.43. The molecule has 1 unspecified atom stereocenters. The predicted molar refractivity (Wildman–Crippen MR) is 115 cm³/mol. The molecule has 1 aliphatic heterocycles. The molecule has 2 heterocycles. The molecule has 1 atom stereocenters. The number of hydrogen-bond donors (Lipinski definition) is 1. The van der Waals surface area contributed by atoms with Gasteiger partial charge in [0.05, 0.1) is 29.4 Å². The number of esters is 1. The fourth-order valence-corrected chi connectivity index (χ4v) is 3.60. The number of aromatic nitrogens is 2. The highest BCUT2D eigenvalue weighted by Crippen LogP contribution is 2.34. The molecule has 1 aromatic carbocycles. The highest BCUT2D eigenvalue weighted by molar-refractivity contribution is 6.43. The lowest BCUT2D eigenvalue weighted by atomic mass is 10.1. The van der Waals surface area contributed by atoms with Crippen molar-refractivity contribution in [3.05, 3.63) is 34.3 Å². The highest BCUT2D eigenvalue weighted by Gasteiger charge is 2.37. The van der Waals surface area contributed by atoms with Crippen molar-refractivity contribution in [2.24, 2.45) is 0 Å². The standard InChI is InChI=1S/C20H24Cl2N4O4/c1-20(2,3)30-19(28)25-8-9-26(15(11-25)18(27)29-4)16-10-14(23-24-16)12-6-5-7-13(21)17(12)22/h5-7,10,15H,8-9,11H2,1-4H3,(H,23,24). The van der Waals surface area contributed by atoms with Crippen LogP contribution in [0.2, 0.25) is 10.0 Å². The van der Waals surface area contributed by atoms with Gasteiger partial charge in [-0.3, -0.25) is 5.10 Å². The van der Waals surface area contributed by atoms with E-state index in [4.69, 9.17) is 32.7 Å². The zero-order chi connectivity index (χ0) is 22.1. The first-order chi connectivity index (χ1) is 14.1. The van der Waals surface area contributed by atoms with E-state index < -0.39 is 23.7 Å². The van der Waals surface area contributed by atoms with Gasteiger partial charge in [-0.2, -0.15) is 5.10 Å². The van der Waals surface area contributed by atoms with Crippen LogP contribution in [0.1, 0.15) is 20.8 Å². The Morgan fingerprint density at radius 1 is 1.23 bits per heavy atom. The second kappa shape index (κ2) is 8.73. The van der Waals surface area contributed by atoms with E-state index in [9.17, 15) is 9.59 Å². The lowest BCUT2D eigenvalue weighted by Gasteiger charge is -2.40. The van der Waals surface area contributed by atoms with Crippen LogP contribution in [-0.4, -0.2) is 65.5 Å². The van der Waals surface area contributed by atoms with E-state index in [0.29, 0.717) is 40.2 Å². The number of benzene rings is 1. The Labute approximate surface area is 185 Å². The largest absolute Gasteiger partial charge is 0.467 e. The monoisotopic (exact) mass is 454 g/mol. The number of H-pyrrole nitrogens is 1. The minimum absolute atomic E-state index is 0.127. The van der Waals surface area contributed by atoms with Gasteiger partial charge in [-0.15, -0.1) is 0 Å². The van der Waals surface area contributed by atoms with Crippen molar-refractivity contribution in [3.8, 4) is 11.3 Å². The number of rotatable bonds is 3. The van der Waals surface area contributed by atoms with Gasteiger partial charge in [0, 0.05) is 24.7 Å². The number of carbonyl (C=O) groups is 2. The van der Waals surface area contributed by atoms with Crippen LogP contribution in [0.3, 0.4) is 0 Å². The second-order valence-corrected chi connectivity index (χ2v) is 8.69. The van der Waals surface area contributed by atoms with Crippen molar-refractivity contribution in [1.29, 1.82) is 0 Å². The minimum Gasteiger partial charge on any atom is -0.467 e. The Morgan fingerprint density at radius 3 is 2.63 bits per heavy atom. The number of amides is 1. The Hall–Kier alpha value is -2.45. The molecule has 1 N–H and O–H groups in total. The van der Waals surface area contributed by atoms with Crippen molar-refractivity contribution in [2.45, 2.75) is 32.4 Å². The van der Waals surface area contributed by atoms with Crippen LogP contribution in [0.15, 0.2) is 24.3 Å². The summed E-state index contributed by atoms with van der Waals surface area (Å²) in [7, 11) is 1.31. The third-order valence-electron chi connectivity index (χ3n) is 4.61. The van der Waals surface area contributed by atoms with E-state index in [1.165, 1.54) is 12.0 Å². The predicted octanol–water partition coefficient (Wildman–Crippen LogP) is 3.98. The number of halogens is 2. The minimum atomic E-state index is -0.720. The Bertz CT molecular complexity index is 941. The van der Waals surface area contributed by atoms with Crippen molar-refractivity contribution in [3.63, 3.8) is 0 Å². The summed E-state index contributed by atoms with van der Waals surface area (Å²) in [5.41, 5.74) is 0.739.